The second-order valence-electron chi connectivity index (χ2n) is 5.54. The van der Waals surface area contributed by atoms with Crippen molar-refractivity contribution in [3.05, 3.63) is 29.3 Å². The van der Waals surface area contributed by atoms with Crippen LogP contribution in [0.1, 0.15) is 30.4 Å². The molecule has 20 heavy (non-hydrogen) atoms. The van der Waals surface area contributed by atoms with Crippen LogP contribution in [0.2, 0.25) is 0 Å². The average molecular weight is 277 g/mol. The Morgan fingerprint density at radius 3 is 2.95 bits per heavy atom. The monoisotopic (exact) mass is 277 g/mol. The van der Waals surface area contributed by atoms with Gasteiger partial charge in [0.15, 0.2) is 0 Å². The van der Waals surface area contributed by atoms with Crippen molar-refractivity contribution in [1.29, 1.82) is 0 Å². The van der Waals surface area contributed by atoms with Crippen LogP contribution in [0.25, 0.3) is 0 Å². The third kappa shape index (κ3) is 3.51. The van der Waals surface area contributed by atoms with Gasteiger partial charge in [-0.05, 0) is 25.8 Å². The van der Waals surface area contributed by atoms with Crippen molar-refractivity contribution in [3.63, 3.8) is 0 Å². The lowest BCUT2D eigenvalue weighted by atomic mass is 10.0. The summed E-state index contributed by atoms with van der Waals surface area (Å²) in [5, 5.41) is 12.3. The predicted octanol–water partition coefficient (Wildman–Crippen LogP) is 1.82. The molecule has 1 aliphatic carbocycles. The molecule has 4 heteroatoms. The lowest BCUT2D eigenvalue weighted by Crippen LogP contribution is -2.39. The summed E-state index contributed by atoms with van der Waals surface area (Å²) in [5.41, 5.74) is 2.02. The minimum absolute atomic E-state index is 0.000694. The van der Waals surface area contributed by atoms with E-state index in [0.717, 1.165) is 36.1 Å². The van der Waals surface area contributed by atoms with Gasteiger partial charge < -0.3 is 15.2 Å². The number of aliphatic hydroxyl groups is 1. The van der Waals surface area contributed by atoms with Gasteiger partial charge in [0, 0.05) is 24.1 Å². The van der Waals surface area contributed by atoms with E-state index >= 15 is 0 Å². The minimum Gasteiger partial charge on any atom is -0.496 e. The van der Waals surface area contributed by atoms with Gasteiger partial charge >= 0.3 is 0 Å². The van der Waals surface area contributed by atoms with Crippen LogP contribution in [-0.4, -0.2) is 30.8 Å². The Kier molecular flexibility index (Phi) is 5.01. The molecule has 1 aromatic rings. The highest BCUT2D eigenvalue weighted by Crippen LogP contribution is 2.25. The van der Waals surface area contributed by atoms with Crippen molar-refractivity contribution in [2.45, 2.75) is 38.6 Å². The number of carbonyl (C=O) groups excluding carboxylic acids is 1. The largest absolute Gasteiger partial charge is 0.496 e. The number of nitrogens with one attached hydrogen (secondary N) is 1. The van der Waals surface area contributed by atoms with Gasteiger partial charge in [0.2, 0.25) is 5.91 Å². The van der Waals surface area contributed by atoms with Crippen LogP contribution in [0.3, 0.4) is 0 Å². The second-order valence-corrected chi connectivity index (χ2v) is 5.54. The Labute approximate surface area is 120 Å². The fourth-order valence-electron chi connectivity index (χ4n) is 2.92. The van der Waals surface area contributed by atoms with E-state index in [9.17, 15) is 9.90 Å². The molecule has 110 valence electrons. The minimum atomic E-state index is -0.000694. The van der Waals surface area contributed by atoms with Gasteiger partial charge in [0.25, 0.3) is 0 Å². The fourth-order valence-corrected chi connectivity index (χ4v) is 2.92. The van der Waals surface area contributed by atoms with Crippen molar-refractivity contribution in [2.24, 2.45) is 5.92 Å². The molecule has 2 N–H and O–H groups in total. The molecule has 1 aromatic carbocycles. The molecule has 0 heterocycles. The van der Waals surface area contributed by atoms with Crippen molar-refractivity contribution in [1.82, 2.24) is 5.32 Å². The molecule has 0 saturated heterocycles. The molecule has 2 atom stereocenters. The first kappa shape index (κ1) is 14.9. The quantitative estimate of drug-likeness (QED) is 0.863. The van der Waals surface area contributed by atoms with Gasteiger partial charge in [-0.1, -0.05) is 24.1 Å². The highest BCUT2D eigenvalue weighted by atomic mass is 16.5. The Morgan fingerprint density at radius 2 is 2.25 bits per heavy atom. The summed E-state index contributed by atoms with van der Waals surface area (Å²) in [6.45, 7) is 2.15. The molecular weight excluding hydrogens is 254 g/mol. The number of rotatable bonds is 5. The number of hydrogen-bond donors (Lipinski definition) is 2. The molecule has 2 unspecified atom stereocenters. The normalized spacial score (nSPS) is 21.8. The molecule has 0 spiro atoms. The van der Waals surface area contributed by atoms with E-state index in [0.29, 0.717) is 6.42 Å². The van der Waals surface area contributed by atoms with Gasteiger partial charge in [-0.3, -0.25) is 4.79 Å². The highest BCUT2D eigenvalue weighted by Gasteiger charge is 2.27. The summed E-state index contributed by atoms with van der Waals surface area (Å²) in [5.74, 6) is 0.952. The molecule has 4 nitrogen and oxygen atoms in total. The summed E-state index contributed by atoms with van der Waals surface area (Å²) in [4.78, 5) is 12.2. The Morgan fingerprint density at radius 1 is 1.45 bits per heavy atom. The molecule has 1 fully saturated rings. The van der Waals surface area contributed by atoms with Crippen LogP contribution < -0.4 is 10.1 Å². The molecule has 0 aromatic heterocycles. The van der Waals surface area contributed by atoms with E-state index < -0.39 is 0 Å². The van der Waals surface area contributed by atoms with Crippen LogP contribution in [-0.2, 0) is 11.2 Å². The maximum Gasteiger partial charge on any atom is 0.224 e. The number of methoxy groups -OCH3 is 1. The average Bonchev–Trinajstić information content (AvgIpc) is 2.86. The summed E-state index contributed by atoms with van der Waals surface area (Å²) < 4.78 is 5.29. The Balaban J connectivity index is 1.99. The van der Waals surface area contributed by atoms with E-state index in [4.69, 9.17) is 4.74 Å². The van der Waals surface area contributed by atoms with Crippen LogP contribution >= 0.6 is 0 Å². The molecule has 1 aliphatic rings. The lowest BCUT2D eigenvalue weighted by Gasteiger charge is -2.19. The molecule has 0 radical (unpaired) electrons. The zero-order valence-corrected chi connectivity index (χ0v) is 12.2. The summed E-state index contributed by atoms with van der Waals surface area (Å²) in [6.07, 6.45) is 3.35. The molecule has 0 aliphatic heterocycles. The van der Waals surface area contributed by atoms with Gasteiger partial charge in [-0.2, -0.15) is 0 Å². The zero-order valence-electron chi connectivity index (χ0n) is 12.2. The maximum absolute atomic E-state index is 12.2. The van der Waals surface area contributed by atoms with Crippen LogP contribution in [0.4, 0.5) is 0 Å². The number of carbonyl (C=O) groups is 1. The predicted molar refractivity (Wildman–Crippen MR) is 77.8 cm³/mol. The smallest absolute Gasteiger partial charge is 0.224 e. The number of ether oxygens (including phenoxy) is 1. The summed E-state index contributed by atoms with van der Waals surface area (Å²) in [6, 6.07) is 5.96. The number of hydrogen-bond acceptors (Lipinski definition) is 3. The third-order valence-electron chi connectivity index (χ3n) is 4.03. The second kappa shape index (κ2) is 6.75. The molecule has 2 rings (SSSR count). The van der Waals surface area contributed by atoms with Crippen molar-refractivity contribution < 1.29 is 14.6 Å². The first-order valence-electron chi connectivity index (χ1n) is 7.17. The van der Waals surface area contributed by atoms with E-state index in [1.165, 1.54) is 0 Å². The standard InChI is InChI=1S/C16H23NO3/c1-11-6-7-15(20-2)13(8-11)9-16(19)17-14-5-3-4-12(14)10-18/h6-8,12,14,18H,3-5,9-10H2,1-2H3,(H,17,19). The van der Waals surface area contributed by atoms with E-state index in [2.05, 4.69) is 5.32 Å². The topological polar surface area (TPSA) is 58.6 Å². The molecule has 0 bridgehead atoms. The van der Waals surface area contributed by atoms with Crippen LogP contribution in [0.5, 0.6) is 5.75 Å². The lowest BCUT2D eigenvalue weighted by molar-refractivity contribution is -0.121. The first-order chi connectivity index (χ1) is 9.63. The maximum atomic E-state index is 12.2. The van der Waals surface area contributed by atoms with E-state index in [1.54, 1.807) is 7.11 Å². The van der Waals surface area contributed by atoms with Gasteiger partial charge in [0.05, 0.1) is 13.5 Å². The third-order valence-corrected chi connectivity index (χ3v) is 4.03. The van der Waals surface area contributed by atoms with Crippen molar-refractivity contribution in [2.75, 3.05) is 13.7 Å². The molecular formula is C16H23NO3. The molecule has 1 amide bonds. The Hall–Kier alpha value is -1.55. The van der Waals surface area contributed by atoms with Gasteiger partial charge in [0.1, 0.15) is 5.75 Å². The van der Waals surface area contributed by atoms with Crippen molar-refractivity contribution >= 4 is 5.91 Å². The van der Waals surface area contributed by atoms with Crippen molar-refractivity contribution in [3.8, 4) is 5.75 Å². The van der Waals surface area contributed by atoms with Crippen LogP contribution in [0.15, 0.2) is 18.2 Å². The summed E-state index contributed by atoms with van der Waals surface area (Å²) in [7, 11) is 1.62. The first-order valence-corrected chi connectivity index (χ1v) is 7.17. The van der Waals surface area contributed by atoms with Crippen LogP contribution in [0, 0.1) is 12.8 Å². The molecule has 1 saturated carbocycles. The van der Waals surface area contributed by atoms with Gasteiger partial charge in [-0.25, -0.2) is 0 Å². The Bertz CT molecular complexity index is 473. The van der Waals surface area contributed by atoms with E-state index in [-0.39, 0.29) is 24.5 Å². The number of aryl methyl sites for hydroxylation is 1. The van der Waals surface area contributed by atoms with Gasteiger partial charge in [-0.15, -0.1) is 0 Å². The zero-order chi connectivity index (χ0) is 14.5. The highest BCUT2D eigenvalue weighted by molar-refractivity contribution is 5.79. The SMILES string of the molecule is COc1ccc(C)cc1CC(=O)NC1CCCC1CO. The number of benzene rings is 1. The number of amides is 1. The fraction of sp³-hybridized carbons (Fsp3) is 0.562. The van der Waals surface area contributed by atoms with E-state index in [1.807, 2.05) is 25.1 Å². The number of aliphatic hydroxyl groups excluding tert-OH is 1. The summed E-state index contributed by atoms with van der Waals surface area (Å²) >= 11 is 0.